The standard InChI is InChI=1S/C10H20N2O.CH4O/c1-10(13)11(2)8-9-12-6-4-3-5-7-12;1-2/h3-9H2,1-2H3;2H,1H3. The zero-order valence-electron chi connectivity index (χ0n) is 10.2. The third-order valence-corrected chi connectivity index (χ3v) is 2.74. The van der Waals surface area contributed by atoms with Gasteiger partial charge in [0.05, 0.1) is 0 Å². The first-order valence-corrected chi connectivity index (χ1v) is 5.59. The van der Waals surface area contributed by atoms with Crippen molar-refractivity contribution in [1.29, 1.82) is 0 Å². The SMILES string of the molecule is CC(=O)N(C)CCN1CCCCC1.CO. The second kappa shape index (κ2) is 8.68. The Kier molecular flexibility index (Phi) is 8.33. The van der Waals surface area contributed by atoms with Gasteiger partial charge in [0.2, 0.25) is 5.91 Å². The van der Waals surface area contributed by atoms with Gasteiger partial charge in [-0.25, -0.2) is 0 Å². The van der Waals surface area contributed by atoms with Crippen LogP contribution in [0.2, 0.25) is 0 Å². The quantitative estimate of drug-likeness (QED) is 0.749. The molecule has 0 aliphatic carbocycles. The van der Waals surface area contributed by atoms with Crippen LogP contribution in [-0.2, 0) is 4.79 Å². The maximum atomic E-state index is 10.9. The highest BCUT2D eigenvalue weighted by Gasteiger charge is 2.10. The summed E-state index contributed by atoms with van der Waals surface area (Å²) in [6, 6.07) is 0. The van der Waals surface area contributed by atoms with Gasteiger partial charge in [0.1, 0.15) is 0 Å². The van der Waals surface area contributed by atoms with E-state index in [-0.39, 0.29) is 5.91 Å². The smallest absolute Gasteiger partial charge is 0.219 e. The van der Waals surface area contributed by atoms with Gasteiger partial charge in [0.15, 0.2) is 0 Å². The van der Waals surface area contributed by atoms with Crippen LogP contribution in [-0.4, -0.2) is 61.2 Å². The maximum Gasteiger partial charge on any atom is 0.219 e. The maximum absolute atomic E-state index is 10.9. The average Bonchev–Trinajstić information content (AvgIpc) is 2.30. The molecule has 1 rings (SSSR count). The second-order valence-corrected chi connectivity index (χ2v) is 3.84. The van der Waals surface area contributed by atoms with Crippen LogP contribution in [0.3, 0.4) is 0 Å². The summed E-state index contributed by atoms with van der Waals surface area (Å²) in [7, 11) is 2.87. The van der Waals surface area contributed by atoms with E-state index in [1.807, 2.05) is 7.05 Å². The lowest BCUT2D eigenvalue weighted by atomic mass is 10.1. The van der Waals surface area contributed by atoms with E-state index in [1.54, 1.807) is 11.8 Å². The van der Waals surface area contributed by atoms with Crippen LogP contribution < -0.4 is 0 Å². The minimum Gasteiger partial charge on any atom is -0.400 e. The summed E-state index contributed by atoms with van der Waals surface area (Å²) in [5.74, 6) is 0.164. The van der Waals surface area contributed by atoms with Crippen molar-refractivity contribution < 1.29 is 9.90 Å². The van der Waals surface area contributed by atoms with Crippen molar-refractivity contribution >= 4 is 5.91 Å². The van der Waals surface area contributed by atoms with Gasteiger partial charge in [0, 0.05) is 34.2 Å². The van der Waals surface area contributed by atoms with E-state index in [9.17, 15) is 4.79 Å². The van der Waals surface area contributed by atoms with E-state index in [2.05, 4.69) is 4.90 Å². The van der Waals surface area contributed by atoms with Crippen LogP contribution >= 0.6 is 0 Å². The predicted octanol–water partition coefficient (Wildman–Crippen LogP) is 0.559. The summed E-state index contributed by atoms with van der Waals surface area (Å²) < 4.78 is 0. The number of likely N-dealkylation sites (N-methyl/N-ethyl adjacent to an activating group) is 1. The molecule has 0 unspecified atom stereocenters. The van der Waals surface area contributed by atoms with Gasteiger partial charge in [0.25, 0.3) is 0 Å². The molecule has 1 saturated heterocycles. The number of amides is 1. The van der Waals surface area contributed by atoms with Gasteiger partial charge in [-0.2, -0.15) is 0 Å². The third kappa shape index (κ3) is 6.47. The van der Waals surface area contributed by atoms with Crippen molar-refractivity contribution in [2.75, 3.05) is 40.3 Å². The summed E-state index contributed by atoms with van der Waals surface area (Å²) in [6.07, 6.45) is 4.02. The predicted molar refractivity (Wildman–Crippen MR) is 61.7 cm³/mol. The van der Waals surface area contributed by atoms with Gasteiger partial charge in [-0.1, -0.05) is 6.42 Å². The van der Waals surface area contributed by atoms with Gasteiger partial charge >= 0.3 is 0 Å². The second-order valence-electron chi connectivity index (χ2n) is 3.84. The zero-order chi connectivity index (χ0) is 11.7. The summed E-state index contributed by atoms with van der Waals surface area (Å²) in [5, 5.41) is 7.00. The lowest BCUT2D eigenvalue weighted by Crippen LogP contribution is -2.37. The summed E-state index contributed by atoms with van der Waals surface area (Å²) in [5.41, 5.74) is 0. The van der Waals surface area contributed by atoms with Crippen LogP contribution in [0.5, 0.6) is 0 Å². The summed E-state index contributed by atoms with van der Waals surface area (Å²) >= 11 is 0. The minimum absolute atomic E-state index is 0.164. The number of hydrogen-bond donors (Lipinski definition) is 1. The molecule has 1 N–H and O–H groups in total. The van der Waals surface area contributed by atoms with Crippen molar-refractivity contribution in [3.8, 4) is 0 Å². The van der Waals surface area contributed by atoms with Crippen LogP contribution in [0, 0.1) is 0 Å². The van der Waals surface area contributed by atoms with E-state index in [0.717, 1.165) is 20.2 Å². The van der Waals surface area contributed by atoms with Gasteiger partial charge < -0.3 is 14.9 Å². The monoisotopic (exact) mass is 216 g/mol. The van der Waals surface area contributed by atoms with Gasteiger partial charge in [-0.05, 0) is 25.9 Å². The number of carbonyl (C=O) groups excluding carboxylic acids is 1. The van der Waals surface area contributed by atoms with E-state index in [0.29, 0.717) is 0 Å². The van der Waals surface area contributed by atoms with Gasteiger partial charge in [-0.15, -0.1) is 0 Å². The molecule has 0 aromatic heterocycles. The van der Waals surface area contributed by atoms with E-state index in [4.69, 9.17) is 5.11 Å². The Bertz CT molecular complexity index is 168. The Balaban J connectivity index is 0.000000921. The minimum atomic E-state index is 0.164. The van der Waals surface area contributed by atoms with E-state index < -0.39 is 0 Å². The molecule has 0 radical (unpaired) electrons. The van der Waals surface area contributed by atoms with Crippen molar-refractivity contribution in [1.82, 2.24) is 9.80 Å². The molecular formula is C11H24N2O2. The topological polar surface area (TPSA) is 43.8 Å². The fourth-order valence-electron chi connectivity index (χ4n) is 1.63. The molecule has 1 heterocycles. The normalized spacial score (nSPS) is 16.5. The molecule has 90 valence electrons. The number of piperidine rings is 1. The number of carbonyl (C=O) groups is 1. The van der Waals surface area contributed by atoms with Gasteiger partial charge in [-0.3, -0.25) is 4.79 Å². The summed E-state index contributed by atoms with van der Waals surface area (Å²) in [4.78, 5) is 15.2. The number of hydrogen-bond acceptors (Lipinski definition) is 3. The number of rotatable bonds is 3. The highest BCUT2D eigenvalue weighted by molar-refractivity contribution is 5.72. The molecule has 15 heavy (non-hydrogen) atoms. The molecular weight excluding hydrogens is 192 g/mol. The van der Waals surface area contributed by atoms with Crippen molar-refractivity contribution in [2.45, 2.75) is 26.2 Å². The molecule has 0 aromatic rings. The van der Waals surface area contributed by atoms with E-state index in [1.165, 1.54) is 32.4 Å². The molecule has 1 aliphatic rings. The molecule has 1 aliphatic heterocycles. The molecule has 0 spiro atoms. The fourth-order valence-corrected chi connectivity index (χ4v) is 1.63. The molecule has 1 fully saturated rings. The van der Waals surface area contributed by atoms with Crippen LogP contribution in [0.4, 0.5) is 0 Å². The number of nitrogens with zero attached hydrogens (tertiary/aromatic N) is 2. The van der Waals surface area contributed by atoms with Crippen molar-refractivity contribution in [2.24, 2.45) is 0 Å². The first kappa shape index (κ1) is 14.4. The molecule has 0 saturated carbocycles. The number of aliphatic hydroxyl groups excluding tert-OH is 1. The highest BCUT2D eigenvalue weighted by atomic mass is 16.2. The lowest BCUT2D eigenvalue weighted by molar-refractivity contribution is -0.127. The number of aliphatic hydroxyl groups is 1. The Morgan fingerprint density at radius 2 is 1.80 bits per heavy atom. The molecule has 4 heteroatoms. The molecule has 0 bridgehead atoms. The Labute approximate surface area is 92.9 Å². The van der Waals surface area contributed by atoms with E-state index >= 15 is 0 Å². The molecule has 0 aromatic carbocycles. The Morgan fingerprint density at radius 3 is 2.27 bits per heavy atom. The highest BCUT2D eigenvalue weighted by Crippen LogP contribution is 2.07. The van der Waals surface area contributed by atoms with Crippen molar-refractivity contribution in [3.05, 3.63) is 0 Å². The Hall–Kier alpha value is -0.610. The van der Waals surface area contributed by atoms with Crippen LogP contribution in [0.25, 0.3) is 0 Å². The fraction of sp³-hybridized carbons (Fsp3) is 0.909. The molecule has 1 amide bonds. The molecule has 4 nitrogen and oxygen atoms in total. The van der Waals surface area contributed by atoms with Crippen molar-refractivity contribution in [3.63, 3.8) is 0 Å². The first-order valence-electron chi connectivity index (χ1n) is 5.59. The summed E-state index contributed by atoms with van der Waals surface area (Å²) in [6.45, 7) is 5.96. The first-order chi connectivity index (χ1) is 7.20. The average molecular weight is 216 g/mol. The third-order valence-electron chi connectivity index (χ3n) is 2.74. The molecule has 0 atom stereocenters. The lowest BCUT2D eigenvalue weighted by Gasteiger charge is -2.28. The van der Waals surface area contributed by atoms with Crippen LogP contribution in [0.15, 0.2) is 0 Å². The number of likely N-dealkylation sites (tertiary alicyclic amines) is 1. The zero-order valence-corrected chi connectivity index (χ0v) is 10.2. The van der Waals surface area contributed by atoms with Crippen LogP contribution in [0.1, 0.15) is 26.2 Å². The largest absolute Gasteiger partial charge is 0.400 e. The Morgan fingerprint density at radius 1 is 1.27 bits per heavy atom.